The van der Waals surface area contributed by atoms with Crippen molar-refractivity contribution in [3.05, 3.63) is 35.7 Å². The number of carbonyl (C=O) groups excluding carboxylic acids is 1. The maximum atomic E-state index is 13.5. The molecule has 1 aromatic rings. The number of hydrogen-bond donors (Lipinski definition) is 1. The molecule has 1 aromatic carbocycles. The van der Waals surface area contributed by atoms with E-state index in [0.717, 1.165) is 13.1 Å². The lowest BCUT2D eigenvalue weighted by atomic mass is 10.1. The van der Waals surface area contributed by atoms with Crippen LogP contribution in [0.25, 0.3) is 6.08 Å². The van der Waals surface area contributed by atoms with E-state index in [9.17, 15) is 9.18 Å². The van der Waals surface area contributed by atoms with Gasteiger partial charge >= 0.3 is 0 Å². The summed E-state index contributed by atoms with van der Waals surface area (Å²) in [5.41, 5.74) is 0.350. The van der Waals surface area contributed by atoms with Gasteiger partial charge in [-0.05, 0) is 50.7 Å². The third kappa shape index (κ3) is 5.66. The van der Waals surface area contributed by atoms with Crippen LogP contribution in [0.3, 0.4) is 0 Å². The van der Waals surface area contributed by atoms with E-state index in [2.05, 4.69) is 5.32 Å². The van der Waals surface area contributed by atoms with E-state index in [0.29, 0.717) is 11.3 Å². The molecule has 0 aliphatic rings. The Kier molecular flexibility index (Phi) is 6.22. The van der Waals surface area contributed by atoms with E-state index in [1.807, 2.05) is 13.8 Å². The summed E-state index contributed by atoms with van der Waals surface area (Å²) in [5, 5.41) is 3.18. The van der Waals surface area contributed by atoms with Crippen LogP contribution >= 0.6 is 0 Å². The number of rotatable bonds is 7. The Bertz CT molecular complexity index is 463. The molecule has 1 N–H and O–H groups in total. The van der Waals surface area contributed by atoms with Crippen molar-refractivity contribution in [1.29, 1.82) is 0 Å². The predicted molar refractivity (Wildman–Crippen MR) is 76.9 cm³/mol. The number of carbonyl (C=O) groups is 1. The van der Waals surface area contributed by atoms with Gasteiger partial charge in [0.05, 0.1) is 0 Å². The molecular weight excluding hydrogens is 245 g/mol. The summed E-state index contributed by atoms with van der Waals surface area (Å²) >= 11 is 0. The van der Waals surface area contributed by atoms with Crippen LogP contribution in [-0.2, 0) is 4.79 Å². The molecule has 0 amide bonds. The first-order chi connectivity index (χ1) is 9.02. The van der Waals surface area contributed by atoms with Gasteiger partial charge in [-0.15, -0.1) is 0 Å². The zero-order valence-corrected chi connectivity index (χ0v) is 11.6. The number of ketones is 1. The highest BCUT2D eigenvalue weighted by molar-refractivity contribution is 5.91. The molecule has 0 fully saturated rings. The SMILES string of the molecule is CCNC[C@@H](C)Oc1ccc(F)c(/C=C/C(C)=O)c1.[HH]. The normalized spacial score (nSPS) is 12.6. The number of ether oxygens (including phenoxy) is 1. The second kappa shape index (κ2) is 7.69. The molecule has 0 aliphatic heterocycles. The number of nitrogens with one attached hydrogen (secondary N) is 1. The fraction of sp³-hybridized carbons (Fsp3) is 0.400. The van der Waals surface area contributed by atoms with Crippen molar-refractivity contribution in [2.45, 2.75) is 26.9 Å². The van der Waals surface area contributed by atoms with Crippen molar-refractivity contribution in [2.75, 3.05) is 13.1 Å². The molecule has 0 spiro atoms. The Balaban J connectivity index is 0.00000361. The van der Waals surface area contributed by atoms with Crippen LogP contribution in [0.5, 0.6) is 5.75 Å². The van der Waals surface area contributed by atoms with Gasteiger partial charge in [-0.25, -0.2) is 4.39 Å². The number of hydrogen-bond acceptors (Lipinski definition) is 3. The molecule has 106 valence electrons. The highest BCUT2D eigenvalue weighted by atomic mass is 19.1. The van der Waals surface area contributed by atoms with E-state index < -0.39 is 0 Å². The van der Waals surface area contributed by atoms with Gasteiger partial charge in [0, 0.05) is 13.5 Å². The molecule has 0 unspecified atom stereocenters. The number of halogens is 1. The standard InChI is InChI=1S/C15H20FNO2.H2/c1-4-17-10-12(3)19-14-7-8-15(16)13(9-14)6-5-11(2)18;/h5-9,12,17H,4,10H2,1-3H3;1H/b6-5+;/t12-;/m1./s1. The van der Waals surface area contributed by atoms with Crippen LogP contribution in [0.1, 0.15) is 27.8 Å². The van der Waals surface area contributed by atoms with Crippen LogP contribution in [0.4, 0.5) is 4.39 Å². The van der Waals surface area contributed by atoms with Gasteiger partial charge in [0.25, 0.3) is 0 Å². The van der Waals surface area contributed by atoms with Crippen LogP contribution < -0.4 is 10.1 Å². The van der Waals surface area contributed by atoms with Crippen molar-refractivity contribution in [1.82, 2.24) is 5.32 Å². The molecule has 0 heterocycles. The molecule has 0 aliphatic carbocycles. The zero-order valence-electron chi connectivity index (χ0n) is 11.6. The summed E-state index contributed by atoms with van der Waals surface area (Å²) in [7, 11) is 0. The lowest BCUT2D eigenvalue weighted by Gasteiger charge is -2.15. The van der Waals surface area contributed by atoms with E-state index in [1.54, 1.807) is 12.1 Å². The lowest BCUT2D eigenvalue weighted by molar-refractivity contribution is -0.112. The molecule has 19 heavy (non-hydrogen) atoms. The van der Waals surface area contributed by atoms with E-state index in [4.69, 9.17) is 4.74 Å². The van der Waals surface area contributed by atoms with Crippen LogP contribution in [0, 0.1) is 5.82 Å². The van der Waals surface area contributed by atoms with Crippen molar-refractivity contribution in [3.63, 3.8) is 0 Å². The quantitative estimate of drug-likeness (QED) is 0.772. The topological polar surface area (TPSA) is 38.3 Å². The van der Waals surface area contributed by atoms with Crippen molar-refractivity contribution in [2.24, 2.45) is 0 Å². The molecule has 0 saturated carbocycles. The second-order valence-electron chi connectivity index (χ2n) is 4.36. The van der Waals surface area contributed by atoms with Gasteiger partial charge in [-0.2, -0.15) is 0 Å². The molecule has 0 aromatic heterocycles. The first-order valence-corrected chi connectivity index (χ1v) is 6.38. The minimum absolute atomic E-state index is 0. The molecule has 0 radical (unpaired) electrons. The van der Waals surface area contributed by atoms with Gasteiger partial charge in [-0.3, -0.25) is 4.79 Å². The summed E-state index contributed by atoms with van der Waals surface area (Å²) in [4.78, 5) is 10.9. The smallest absolute Gasteiger partial charge is 0.152 e. The largest absolute Gasteiger partial charge is 0.489 e. The number of likely N-dealkylation sites (N-methyl/N-ethyl adjacent to an activating group) is 1. The summed E-state index contributed by atoms with van der Waals surface area (Å²) in [6, 6.07) is 4.52. The second-order valence-corrected chi connectivity index (χ2v) is 4.36. The third-order valence-corrected chi connectivity index (χ3v) is 2.48. The maximum Gasteiger partial charge on any atom is 0.152 e. The molecular formula is C15H22FNO2. The summed E-state index contributed by atoms with van der Waals surface area (Å²) < 4.78 is 19.2. The third-order valence-electron chi connectivity index (χ3n) is 2.48. The summed E-state index contributed by atoms with van der Waals surface area (Å²) in [6.07, 6.45) is 2.79. The van der Waals surface area contributed by atoms with Gasteiger partial charge in [0.15, 0.2) is 5.78 Å². The van der Waals surface area contributed by atoms with Crippen LogP contribution in [0.15, 0.2) is 24.3 Å². The van der Waals surface area contributed by atoms with Crippen LogP contribution in [0.2, 0.25) is 0 Å². The van der Waals surface area contributed by atoms with E-state index >= 15 is 0 Å². The minimum Gasteiger partial charge on any atom is -0.489 e. The summed E-state index contributed by atoms with van der Waals surface area (Å²) in [6.45, 7) is 7.00. The zero-order chi connectivity index (χ0) is 14.3. The van der Waals surface area contributed by atoms with Crippen molar-refractivity contribution in [3.8, 4) is 5.75 Å². The Morgan fingerprint density at radius 2 is 2.32 bits per heavy atom. The number of benzene rings is 1. The highest BCUT2D eigenvalue weighted by Crippen LogP contribution is 2.19. The van der Waals surface area contributed by atoms with Crippen LogP contribution in [-0.4, -0.2) is 25.0 Å². The van der Waals surface area contributed by atoms with Gasteiger partial charge in [-0.1, -0.05) is 6.92 Å². The monoisotopic (exact) mass is 267 g/mol. The first kappa shape index (κ1) is 15.4. The molecule has 4 heteroatoms. The van der Waals surface area contributed by atoms with Gasteiger partial charge in [0.1, 0.15) is 17.7 Å². The van der Waals surface area contributed by atoms with E-state index in [-0.39, 0.29) is 19.1 Å². The van der Waals surface area contributed by atoms with Crippen molar-refractivity contribution < 1.29 is 15.3 Å². The molecule has 0 bridgehead atoms. The molecule has 1 rings (SSSR count). The Morgan fingerprint density at radius 1 is 1.58 bits per heavy atom. The fourth-order valence-corrected chi connectivity index (χ4v) is 1.55. The van der Waals surface area contributed by atoms with E-state index in [1.165, 1.54) is 25.1 Å². The Morgan fingerprint density at radius 3 is 2.95 bits per heavy atom. The molecule has 0 saturated heterocycles. The maximum absolute atomic E-state index is 13.5. The van der Waals surface area contributed by atoms with Gasteiger partial charge < -0.3 is 10.1 Å². The fourth-order valence-electron chi connectivity index (χ4n) is 1.55. The highest BCUT2D eigenvalue weighted by Gasteiger charge is 2.06. The average Bonchev–Trinajstić information content (AvgIpc) is 2.37. The van der Waals surface area contributed by atoms with Gasteiger partial charge in [0.2, 0.25) is 0 Å². The lowest BCUT2D eigenvalue weighted by Crippen LogP contribution is -2.28. The Labute approximate surface area is 115 Å². The first-order valence-electron chi connectivity index (χ1n) is 6.38. The minimum atomic E-state index is -0.371. The summed E-state index contributed by atoms with van der Waals surface area (Å²) in [5.74, 6) is 0.102. The molecule has 1 atom stereocenters. The Hall–Kier alpha value is -1.68. The van der Waals surface area contributed by atoms with Crippen molar-refractivity contribution >= 4 is 11.9 Å². The average molecular weight is 267 g/mol. The number of allylic oxidation sites excluding steroid dienone is 1. The molecule has 3 nitrogen and oxygen atoms in total. The predicted octanol–water partition coefficient (Wildman–Crippen LogP) is 3.05.